The minimum absolute atomic E-state index is 0.117. The summed E-state index contributed by atoms with van der Waals surface area (Å²) >= 11 is 1.88. The molecule has 1 aliphatic heterocycles. The van der Waals surface area contributed by atoms with Gasteiger partial charge in [0.25, 0.3) is 0 Å². The van der Waals surface area contributed by atoms with Crippen LogP contribution in [0.3, 0.4) is 0 Å². The molecule has 1 heterocycles. The quantitative estimate of drug-likeness (QED) is 0.863. The van der Waals surface area contributed by atoms with Crippen LogP contribution in [0.25, 0.3) is 0 Å². The number of fused-ring (bicyclic) bond motifs is 2. The molecule has 3 aliphatic rings. The lowest BCUT2D eigenvalue weighted by Crippen LogP contribution is -2.50. The van der Waals surface area contributed by atoms with E-state index in [0.717, 1.165) is 36.2 Å². The number of rotatable bonds is 3. The predicted molar refractivity (Wildman–Crippen MR) is 76.6 cm³/mol. The molecule has 0 spiro atoms. The Balaban J connectivity index is 1.54. The number of nitrogens with zero attached hydrogens (tertiary/aromatic N) is 1. The Labute approximate surface area is 119 Å². The molecule has 1 amide bonds. The van der Waals surface area contributed by atoms with Crippen molar-refractivity contribution in [1.82, 2.24) is 5.32 Å². The lowest BCUT2D eigenvalue weighted by molar-refractivity contribution is -0.123. The van der Waals surface area contributed by atoms with Crippen molar-refractivity contribution in [2.75, 3.05) is 11.5 Å². The van der Waals surface area contributed by atoms with Gasteiger partial charge < -0.3 is 5.32 Å². The number of nitrogens with one attached hydrogen (secondary N) is 1. The van der Waals surface area contributed by atoms with Gasteiger partial charge in [0.05, 0.1) is 6.07 Å². The van der Waals surface area contributed by atoms with Gasteiger partial charge in [-0.05, 0) is 61.4 Å². The highest BCUT2D eigenvalue weighted by atomic mass is 32.2. The summed E-state index contributed by atoms with van der Waals surface area (Å²) in [6.45, 7) is 0. The highest BCUT2D eigenvalue weighted by Gasteiger charge is 2.41. The summed E-state index contributed by atoms with van der Waals surface area (Å²) in [4.78, 5) is 12.2. The average Bonchev–Trinajstić information content (AvgIpc) is 3.02. The zero-order chi connectivity index (χ0) is 13.3. The topological polar surface area (TPSA) is 52.9 Å². The van der Waals surface area contributed by atoms with Crippen LogP contribution in [0.1, 0.15) is 44.9 Å². The predicted octanol–water partition coefficient (Wildman–Crippen LogP) is 2.72. The van der Waals surface area contributed by atoms with Crippen molar-refractivity contribution in [3.8, 4) is 6.07 Å². The van der Waals surface area contributed by atoms with Crippen molar-refractivity contribution in [3.05, 3.63) is 0 Å². The van der Waals surface area contributed by atoms with Gasteiger partial charge >= 0.3 is 0 Å². The lowest BCUT2D eigenvalue weighted by atomic mass is 9.85. The van der Waals surface area contributed by atoms with Crippen LogP contribution in [-0.4, -0.2) is 23.0 Å². The van der Waals surface area contributed by atoms with E-state index in [4.69, 9.17) is 0 Å². The van der Waals surface area contributed by atoms with Gasteiger partial charge in [0.1, 0.15) is 5.54 Å². The molecule has 0 aromatic heterocycles. The van der Waals surface area contributed by atoms with Crippen LogP contribution in [-0.2, 0) is 4.79 Å². The smallest absolute Gasteiger partial charge is 0.221 e. The molecule has 3 fully saturated rings. The molecular formula is C15H22N2OS. The van der Waals surface area contributed by atoms with Gasteiger partial charge in [-0.25, -0.2) is 0 Å². The number of carbonyl (C=O) groups excluding carboxylic acids is 1. The molecule has 3 nitrogen and oxygen atoms in total. The van der Waals surface area contributed by atoms with E-state index in [1.54, 1.807) is 0 Å². The van der Waals surface area contributed by atoms with E-state index >= 15 is 0 Å². The van der Waals surface area contributed by atoms with E-state index in [0.29, 0.717) is 12.3 Å². The maximum atomic E-state index is 12.2. The van der Waals surface area contributed by atoms with Crippen molar-refractivity contribution in [2.24, 2.45) is 17.8 Å². The van der Waals surface area contributed by atoms with Gasteiger partial charge in [0.2, 0.25) is 5.91 Å². The van der Waals surface area contributed by atoms with Gasteiger partial charge in [0.15, 0.2) is 0 Å². The maximum absolute atomic E-state index is 12.2. The van der Waals surface area contributed by atoms with Crippen LogP contribution in [0.2, 0.25) is 0 Å². The molecule has 0 radical (unpaired) electrons. The standard InChI is InChI=1S/C15H22N2OS/c16-10-15(3-5-19-6-4-15)17-14(18)9-13-8-11-1-2-12(13)7-11/h11-13H,1-9H2,(H,17,18)/t11-,12-,13-/m0/s1. The highest BCUT2D eigenvalue weighted by molar-refractivity contribution is 7.99. The Bertz CT molecular complexity index is 397. The molecule has 1 N–H and O–H groups in total. The van der Waals surface area contributed by atoms with Gasteiger partial charge in [-0.1, -0.05) is 6.42 Å². The van der Waals surface area contributed by atoms with E-state index in [1.807, 2.05) is 11.8 Å². The minimum atomic E-state index is -0.569. The summed E-state index contributed by atoms with van der Waals surface area (Å²) in [6, 6.07) is 2.36. The van der Waals surface area contributed by atoms with Crippen molar-refractivity contribution >= 4 is 17.7 Å². The van der Waals surface area contributed by atoms with Crippen molar-refractivity contribution in [1.29, 1.82) is 5.26 Å². The van der Waals surface area contributed by atoms with E-state index in [1.165, 1.54) is 25.7 Å². The Kier molecular flexibility index (Phi) is 3.75. The molecule has 2 aliphatic carbocycles. The second-order valence-corrected chi connectivity index (χ2v) is 7.72. The number of hydrogen-bond acceptors (Lipinski definition) is 3. The molecule has 2 saturated carbocycles. The molecule has 3 rings (SSSR count). The van der Waals surface area contributed by atoms with Crippen molar-refractivity contribution in [3.63, 3.8) is 0 Å². The first-order chi connectivity index (χ1) is 9.21. The molecule has 2 bridgehead atoms. The molecule has 104 valence electrons. The van der Waals surface area contributed by atoms with Gasteiger partial charge in [0, 0.05) is 6.42 Å². The molecule has 0 aromatic rings. The fourth-order valence-electron chi connectivity index (χ4n) is 4.17. The van der Waals surface area contributed by atoms with Crippen LogP contribution < -0.4 is 5.32 Å². The second kappa shape index (κ2) is 5.36. The molecule has 1 saturated heterocycles. The fraction of sp³-hybridized carbons (Fsp3) is 0.867. The third-order valence-corrected chi connectivity index (χ3v) is 6.26. The van der Waals surface area contributed by atoms with E-state index in [9.17, 15) is 10.1 Å². The SMILES string of the molecule is N#CC1(NC(=O)C[C@@H]2C[C@H]3CC[C@H]2C3)CCSCC1. The molecular weight excluding hydrogens is 256 g/mol. The summed E-state index contributed by atoms with van der Waals surface area (Å²) in [5.74, 6) is 4.36. The second-order valence-electron chi connectivity index (χ2n) is 6.49. The Morgan fingerprint density at radius 3 is 2.68 bits per heavy atom. The molecule has 3 atom stereocenters. The van der Waals surface area contributed by atoms with E-state index in [2.05, 4.69) is 11.4 Å². The van der Waals surface area contributed by atoms with Crippen molar-refractivity contribution < 1.29 is 4.79 Å². The first kappa shape index (κ1) is 13.3. The van der Waals surface area contributed by atoms with Gasteiger partial charge in [-0.15, -0.1) is 0 Å². The number of nitriles is 1. The van der Waals surface area contributed by atoms with E-state index in [-0.39, 0.29) is 5.91 Å². The average molecular weight is 278 g/mol. The Hall–Kier alpha value is -0.690. The van der Waals surface area contributed by atoms with Crippen molar-refractivity contribution in [2.45, 2.75) is 50.5 Å². The number of hydrogen-bond donors (Lipinski definition) is 1. The normalized spacial score (nSPS) is 35.8. The third kappa shape index (κ3) is 2.76. The van der Waals surface area contributed by atoms with Crippen LogP contribution >= 0.6 is 11.8 Å². The molecule has 0 unspecified atom stereocenters. The van der Waals surface area contributed by atoms with E-state index < -0.39 is 5.54 Å². The monoisotopic (exact) mass is 278 g/mol. The van der Waals surface area contributed by atoms with Gasteiger partial charge in [-0.2, -0.15) is 17.0 Å². The zero-order valence-electron chi connectivity index (χ0n) is 11.4. The number of thioether (sulfide) groups is 1. The molecule has 0 aromatic carbocycles. The summed E-state index contributed by atoms with van der Waals surface area (Å²) in [7, 11) is 0. The minimum Gasteiger partial charge on any atom is -0.338 e. The summed E-state index contributed by atoms with van der Waals surface area (Å²) < 4.78 is 0. The van der Waals surface area contributed by atoms with Crippen LogP contribution in [0.15, 0.2) is 0 Å². The summed E-state index contributed by atoms with van der Waals surface area (Å²) in [6.07, 6.45) is 7.54. The molecule has 19 heavy (non-hydrogen) atoms. The third-order valence-electron chi connectivity index (χ3n) is 5.27. The van der Waals surface area contributed by atoms with Crippen LogP contribution in [0.4, 0.5) is 0 Å². The first-order valence-corrected chi connectivity index (χ1v) is 8.66. The first-order valence-electron chi connectivity index (χ1n) is 7.51. The number of carbonyl (C=O) groups is 1. The maximum Gasteiger partial charge on any atom is 0.221 e. The molecule has 4 heteroatoms. The summed E-state index contributed by atoms with van der Waals surface area (Å²) in [5.41, 5.74) is -0.569. The van der Waals surface area contributed by atoms with Gasteiger partial charge in [-0.3, -0.25) is 4.79 Å². The van der Waals surface area contributed by atoms with Crippen LogP contribution in [0.5, 0.6) is 0 Å². The lowest BCUT2D eigenvalue weighted by Gasteiger charge is -2.32. The largest absolute Gasteiger partial charge is 0.338 e. The van der Waals surface area contributed by atoms with Crippen LogP contribution in [0, 0.1) is 29.1 Å². The Morgan fingerprint density at radius 2 is 2.11 bits per heavy atom. The Morgan fingerprint density at radius 1 is 1.32 bits per heavy atom. The highest BCUT2D eigenvalue weighted by Crippen LogP contribution is 2.49. The zero-order valence-corrected chi connectivity index (χ0v) is 12.2. The summed E-state index contributed by atoms with van der Waals surface area (Å²) in [5, 5.41) is 12.4. The fourth-order valence-corrected chi connectivity index (χ4v) is 5.36. The number of amides is 1.